The summed E-state index contributed by atoms with van der Waals surface area (Å²) in [7, 11) is 1.84. The molecule has 0 aromatic heterocycles. The summed E-state index contributed by atoms with van der Waals surface area (Å²) < 4.78 is 0. The number of hydrogen-bond donors (Lipinski definition) is 1. The fourth-order valence-electron chi connectivity index (χ4n) is 1.82. The summed E-state index contributed by atoms with van der Waals surface area (Å²) in [6, 6.07) is 0. The molecule has 0 radical (unpaired) electrons. The third-order valence-electron chi connectivity index (χ3n) is 2.94. The number of aliphatic hydroxyl groups excluding tert-OH is 1. The molecule has 1 amide bonds. The molecule has 0 bridgehead atoms. The molecule has 15 heavy (non-hydrogen) atoms. The highest BCUT2D eigenvalue weighted by atomic mass is 79.9. The van der Waals surface area contributed by atoms with Crippen LogP contribution >= 0.6 is 15.9 Å². The highest BCUT2D eigenvalue weighted by Crippen LogP contribution is 2.28. The Kier molecular flexibility index (Phi) is 4.59. The molecule has 0 aromatic rings. The minimum atomic E-state index is -0.136. The fourth-order valence-corrected chi connectivity index (χ4v) is 2.17. The lowest BCUT2D eigenvalue weighted by Gasteiger charge is -2.35. The summed E-state index contributed by atoms with van der Waals surface area (Å²) in [5.74, 6) is 0.944. The van der Waals surface area contributed by atoms with Gasteiger partial charge in [0.2, 0.25) is 5.91 Å². The van der Waals surface area contributed by atoms with Crippen LogP contribution in [-0.2, 0) is 4.79 Å². The number of halogens is 1. The first kappa shape index (κ1) is 13.0. The minimum absolute atomic E-state index is 0.0903. The average Bonchev–Trinajstić information content (AvgIpc) is 2.12. The molecular formula is C11H20BrNO2. The average molecular weight is 278 g/mol. The van der Waals surface area contributed by atoms with Crippen molar-refractivity contribution in [3.63, 3.8) is 0 Å². The lowest BCUT2D eigenvalue weighted by molar-refractivity contribution is -0.131. The van der Waals surface area contributed by atoms with Gasteiger partial charge in [-0.2, -0.15) is 0 Å². The van der Waals surface area contributed by atoms with Crippen LogP contribution in [0.1, 0.15) is 26.7 Å². The summed E-state index contributed by atoms with van der Waals surface area (Å²) in [5.41, 5.74) is 0. The minimum Gasteiger partial charge on any atom is -0.393 e. The van der Waals surface area contributed by atoms with Gasteiger partial charge in [0.05, 0.1) is 10.9 Å². The lowest BCUT2D eigenvalue weighted by atomic mass is 9.82. The number of aliphatic hydroxyl groups is 1. The van der Waals surface area contributed by atoms with Crippen molar-refractivity contribution >= 4 is 21.8 Å². The zero-order valence-electron chi connectivity index (χ0n) is 9.61. The number of hydrogen-bond acceptors (Lipinski definition) is 2. The zero-order chi connectivity index (χ0) is 11.6. The van der Waals surface area contributed by atoms with Gasteiger partial charge in [-0.25, -0.2) is 0 Å². The molecule has 1 rings (SSSR count). The van der Waals surface area contributed by atoms with E-state index in [1.807, 2.05) is 20.9 Å². The van der Waals surface area contributed by atoms with Crippen LogP contribution in [0.3, 0.4) is 0 Å². The quantitative estimate of drug-likeness (QED) is 0.794. The maximum absolute atomic E-state index is 11.9. The van der Waals surface area contributed by atoms with Crippen molar-refractivity contribution in [3.05, 3.63) is 0 Å². The van der Waals surface area contributed by atoms with E-state index < -0.39 is 0 Å². The smallest absolute Gasteiger partial charge is 0.236 e. The summed E-state index contributed by atoms with van der Waals surface area (Å²) >= 11 is 3.41. The predicted octanol–water partition coefficient (Wildman–Crippen LogP) is 1.64. The second-order valence-corrected chi connectivity index (χ2v) is 5.84. The molecule has 88 valence electrons. The second-order valence-electron chi connectivity index (χ2n) is 4.86. The first-order valence-electron chi connectivity index (χ1n) is 5.49. The molecule has 0 aliphatic heterocycles. The summed E-state index contributed by atoms with van der Waals surface area (Å²) in [5, 5.41) is 9.15. The molecule has 4 heteroatoms. The Balaban J connectivity index is 2.33. The van der Waals surface area contributed by atoms with Crippen LogP contribution in [0.5, 0.6) is 0 Å². The monoisotopic (exact) mass is 277 g/mol. The van der Waals surface area contributed by atoms with E-state index in [-0.39, 0.29) is 16.8 Å². The second kappa shape index (κ2) is 5.30. The van der Waals surface area contributed by atoms with E-state index in [9.17, 15) is 4.79 Å². The van der Waals surface area contributed by atoms with E-state index in [1.54, 1.807) is 4.90 Å². The first-order chi connectivity index (χ1) is 6.91. The van der Waals surface area contributed by atoms with E-state index >= 15 is 0 Å². The van der Waals surface area contributed by atoms with Gasteiger partial charge in [0.15, 0.2) is 0 Å². The SMILES string of the molecule is CC(C)C(Br)C(=O)N(C)CC1CC(O)C1. The standard InChI is InChI=1S/C11H20BrNO2/c1-7(2)10(12)11(15)13(3)6-8-4-9(14)5-8/h7-10,14H,4-6H2,1-3H3. The van der Waals surface area contributed by atoms with E-state index in [2.05, 4.69) is 15.9 Å². The van der Waals surface area contributed by atoms with Gasteiger partial charge in [-0.3, -0.25) is 4.79 Å². The maximum Gasteiger partial charge on any atom is 0.236 e. The number of alkyl halides is 1. The zero-order valence-corrected chi connectivity index (χ0v) is 11.2. The normalized spacial score (nSPS) is 27.3. The Labute approximate surface area is 100.0 Å². The Morgan fingerprint density at radius 1 is 1.53 bits per heavy atom. The molecule has 1 unspecified atom stereocenters. The molecule has 1 saturated carbocycles. The van der Waals surface area contributed by atoms with Crippen molar-refractivity contribution in [2.45, 2.75) is 37.6 Å². The third-order valence-corrected chi connectivity index (χ3v) is 4.39. The van der Waals surface area contributed by atoms with Crippen LogP contribution in [0.2, 0.25) is 0 Å². The largest absolute Gasteiger partial charge is 0.393 e. The molecule has 0 aromatic carbocycles. The summed E-state index contributed by atoms with van der Waals surface area (Å²) in [6.45, 7) is 4.82. The lowest BCUT2D eigenvalue weighted by Crippen LogP contribution is -2.43. The Hall–Kier alpha value is -0.0900. The van der Waals surface area contributed by atoms with E-state index in [4.69, 9.17) is 5.11 Å². The van der Waals surface area contributed by atoms with Gasteiger partial charge >= 0.3 is 0 Å². The van der Waals surface area contributed by atoms with Crippen LogP contribution in [0.15, 0.2) is 0 Å². The van der Waals surface area contributed by atoms with Crippen LogP contribution in [0.4, 0.5) is 0 Å². The molecule has 3 nitrogen and oxygen atoms in total. The molecule has 0 heterocycles. The Bertz CT molecular complexity index is 227. The summed E-state index contributed by atoms with van der Waals surface area (Å²) in [6.07, 6.45) is 1.54. The predicted molar refractivity (Wildman–Crippen MR) is 63.9 cm³/mol. The van der Waals surface area contributed by atoms with Crippen LogP contribution < -0.4 is 0 Å². The molecule has 0 spiro atoms. The van der Waals surface area contributed by atoms with Gasteiger partial charge in [0.1, 0.15) is 0 Å². The fraction of sp³-hybridized carbons (Fsp3) is 0.909. The van der Waals surface area contributed by atoms with Gasteiger partial charge < -0.3 is 10.0 Å². The van der Waals surface area contributed by atoms with Crippen molar-refractivity contribution in [3.8, 4) is 0 Å². The molecule has 1 atom stereocenters. The van der Waals surface area contributed by atoms with Crippen molar-refractivity contribution in [2.75, 3.05) is 13.6 Å². The van der Waals surface area contributed by atoms with Crippen LogP contribution in [0, 0.1) is 11.8 Å². The number of amides is 1. The molecule has 0 saturated heterocycles. The van der Waals surface area contributed by atoms with Crippen molar-refractivity contribution in [1.82, 2.24) is 4.90 Å². The van der Waals surface area contributed by atoms with E-state index in [1.165, 1.54) is 0 Å². The molecule has 1 aliphatic carbocycles. The number of rotatable bonds is 4. The van der Waals surface area contributed by atoms with Crippen LogP contribution in [-0.4, -0.2) is 40.4 Å². The highest BCUT2D eigenvalue weighted by molar-refractivity contribution is 9.10. The van der Waals surface area contributed by atoms with E-state index in [0.717, 1.165) is 19.4 Å². The van der Waals surface area contributed by atoms with Gasteiger partial charge in [-0.1, -0.05) is 29.8 Å². The topological polar surface area (TPSA) is 40.5 Å². The van der Waals surface area contributed by atoms with Gasteiger partial charge in [-0.15, -0.1) is 0 Å². The number of nitrogens with zero attached hydrogens (tertiary/aromatic N) is 1. The highest BCUT2D eigenvalue weighted by Gasteiger charge is 2.30. The van der Waals surface area contributed by atoms with Gasteiger partial charge in [0.25, 0.3) is 0 Å². The first-order valence-corrected chi connectivity index (χ1v) is 6.40. The molecular weight excluding hydrogens is 258 g/mol. The summed E-state index contributed by atoms with van der Waals surface area (Å²) in [4.78, 5) is 13.5. The van der Waals surface area contributed by atoms with Gasteiger partial charge in [-0.05, 0) is 24.7 Å². The van der Waals surface area contributed by atoms with Gasteiger partial charge in [0, 0.05) is 13.6 Å². The molecule has 1 aliphatic rings. The Morgan fingerprint density at radius 2 is 2.07 bits per heavy atom. The Morgan fingerprint density at radius 3 is 2.47 bits per heavy atom. The maximum atomic E-state index is 11.9. The molecule has 1 N–H and O–H groups in total. The molecule has 1 fully saturated rings. The number of carbonyl (C=O) groups is 1. The van der Waals surface area contributed by atoms with Crippen molar-refractivity contribution < 1.29 is 9.90 Å². The van der Waals surface area contributed by atoms with Crippen LogP contribution in [0.25, 0.3) is 0 Å². The van der Waals surface area contributed by atoms with E-state index in [0.29, 0.717) is 11.8 Å². The van der Waals surface area contributed by atoms with Crippen molar-refractivity contribution in [1.29, 1.82) is 0 Å². The van der Waals surface area contributed by atoms with Crippen molar-refractivity contribution in [2.24, 2.45) is 11.8 Å². The number of carbonyl (C=O) groups excluding carboxylic acids is 1. The third kappa shape index (κ3) is 3.45.